The van der Waals surface area contributed by atoms with Crippen molar-refractivity contribution in [3.63, 3.8) is 0 Å². The standard InChI is InChI=1S/C17H15FN2O3S/c1-11-10-24-17(20-11)14(8-19)15(21)9-23-16(22)7-4-12-2-5-13(18)6-3-12/h2-3,5-6,10,14H,4,7,9H2,1H3/t14-/m1/s1. The molecule has 5 nitrogen and oxygen atoms in total. The number of aryl methyl sites for hydroxylation is 2. The minimum Gasteiger partial charge on any atom is -0.458 e. The number of benzene rings is 1. The molecule has 124 valence electrons. The molecule has 1 atom stereocenters. The average molecular weight is 346 g/mol. The number of halogens is 1. The highest BCUT2D eigenvalue weighted by atomic mass is 32.1. The van der Waals surface area contributed by atoms with E-state index in [-0.39, 0.29) is 12.2 Å². The summed E-state index contributed by atoms with van der Waals surface area (Å²) in [7, 11) is 0. The molecular weight excluding hydrogens is 331 g/mol. The van der Waals surface area contributed by atoms with E-state index in [4.69, 9.17) is 10.00 Å². The minimum atomic E-state index is -1.02. The van der Waals surface area contributed by atoms with E-state index in [2.05, 4.69) is 4.98 Å². The molecule has 1 heterocycles. The van der Waals surface area contributed by atoms with Crippen molar-refractivity contribution in [2.24, 2.45) is 0 Å². The zero-order valence-corrected chi connectivity index (χ0v) is 13.8. The highest BCUT2D eigenvalue weighted by molar-refractivity contribution is 7.09. The van der Waals surface area contributed by atoms with Crippen LogP contribution in [0.3, 0.4) is 0 Å². The Kier molecular flexibility index (Phi) is 6.15. The van der Waals surface area contributed by atoms with Crippen LogP contribution in [0.2, 0.25) is 0 Å². The van der Waals surface area contributed by atoms with Gasteiger partial charge in [-0.2, -0.15) is 5.26 Å². The van der Waals surface area contributed by atoms with Crippen LogP contribution >= 0.6 is 11.3 Å². The number of nitrogens with zero attached hydrogens (tertiary/aromatic N) is 2. The Bertz CT molecular complexity index is 765. The van der Waals surface area contributed by atoms with Crippen LogP contribution in [0.5, 0.6) is 0 Å². The zero-order chi connectivity index (χ0) is 17.5. The first kappa shape index (κ1) is 17.8. The number of ether oxygens (including phenoxy) is 1. The van der Waals surface area contributed by atoms with Crippen molar-refractivity contribution < 1.29 is 18.7 Å². The molecule has 24 heavy (non-hydrogen) atoms. The van der Waals surface area contributed by atoms with E-state index in [1.807, 2.05) is 6.07 Å². The fourth-order valence-corrected chi connectivity index (χ4v) is 2.84. The lowest BCUT2D eigenvalue weighted by Gasteiger charge is -2.07. The van der Waals surface area contributed by atoms with Crippen LogP contribution in [0.25, 0.3) is 0 Å². The van der Waals surface area contributed by atoms with Gasteiger partial charge < -0.3 is 4.74 Å². The Hall–Kier alpha value is -2.59. The van der Waals surface area contributed by atoms with Gasteiger partial charge in [0.1, 0.15) is 10.8 Å². The lowest BCUT2D eigenvalue weighted by atomic mass is 10.1. The van der Waals surface area contributed by atoms with Crippen LogP contribution < -0.4 is 0 Å². The molecule has 0 saturated carbocycles. The molecule has 0 saturated heterocycles. The molecule has 0 bridgehead atoms. The maximum absolute atomic E-state index is 12.8. The highest BCUT2D eigenvalue weighted by Gasteiger charge is 2.24. The summed E-state index contributed by atoms with van der Waals surface area (Å²) in [6.45, 7) is 1.31. The molecule has 2 aromatic rings. The van der Waals surface area contributed by atoms with Crippen LogP contribution in [-0.4, -0.2) is 23.3 Å². The summed E-state index contributed by atoms with van der Waals surface area (Å²) in [6, 6.07) is 7.70. The number of carbonyl (C=O) groups excluding carboxylic acids is 2. The van der Waals surface area contributed by atoms with Gasteiger partial charge in [0.15, 0.2) is 18.3 Å². The molecule has 0 aliphatic heterocycles. The Morgan fingerprint density at radius 3 is 2.67 bits per heavy atom. The van der Waals surface area contributed by atoms with Crippen molar-refractivity contribution in [3.8, 4) is 6.07 Å². The lowest BCUT2D eigenvalue weighted by Crippen LogP contribution is -2.20. The number of carbonyl (C=O) groups is 2. The molecule has 0 aliphatic rings. The monoisotopic (exact) mass is 346 g/mol. The van der Waals surface area contributed by atoms with Gasteiger partial charge in [-0.1, -0.05) is 12.1 Å². The average Bonchev–Trinajstić information content (AvgIpc) is 2.99. The number of hydrogen-bond acceptors (Lipinski definition) is 6. The van der Waals surface area contributed by atoms with Crippen LogP contribution in [0.1, 0.15) is 28.6 Å². The van der Waals surface area contributed by atoms with Crippen LogP contribution in [0, 0.1) is 24.1 Å². The van der Waals surface area contributed by atoms with Crippen molar-refractivity contribution in [2.45, 2.75) is 25.7 Å². The normalized spacial score (nSPS) is 11.5. The lowest BCUT2D eigenvalue weighted by molar-refractivity contribution is -0.148. The van der Waals surface area contributed by atoms with Crippen molar-refractivity contribution in [3.05, 3.63) is 51.7 Å². The van der Waals surface area contributed by atoms with Gasteiger partial charge in [-0.05, 0) is 31.0 Å². The first-order valence-corrected chi connectivity index (χ1v) is 8.12. The molecule has 1 aromatic carbocycles. The smallest absolute Gasteiger partial charge is 0.306 e. The van der Waals surface area contributed by atoms with E-state index in [1.54, 1.807) is 24.4 Å². The molecule has 0 spiro atoms. The number of nitriles is 1. The van der Waals surface area contributed by atoms with Crippen molar-refractivity contribution in [1.82, 2.24) is 4.98 Å². The molecule has 1 aromatic heterocycles. The fourth-order valence-electron chi connectivity index (χ4n) is 1.97. The number of thiazole rings is 1. The van der Waals surface area contributed by atoms with Crippen LogP contribution in [0.15, 0.2) is 29.6 Å². The number of Topliss-reactive ketones (excluding diaryl/α,β-unsaturated/α-hetero) is 1. The van der Waals surface area contributed by atoms with Gasteiger partial charge in [0.25, 0.3) is 0 Å². The molecule has 0 amide bonds. The zero-order valence-electron chi connectivity index (χ0n) is 13.0. The van der Waals surface area contributed by atoms with E-state index in [0.29, 0.717) is 11.4 Å². The van der Waals surface area contributed by atoms with Crippen molar-refractivity contribution in [2.75, 3.05) is 6.61 Å². The van der Waals surface area contributed by atoms with E-state index >= 15 is 0 Å². The fraction of sp³-hybridized carbons (Fsp3) is 0.294. The molecule has 0 N–H and O–H groups in total. The SMILES string of the molecule is Cc1csc([C@H](C#N)C(=O)COC(=O)CCc2ccc(F)cc2)n1. The summed E-state index contributed by atoms with van der Waals surface area (Å²) in [5.41, 5.74) is 1.53. The quantitative estimate of drug-likeness (QED) is 0.720. The van der Waals surface area contributed by atoms with Gasteiger partial charge in [0, 0.05) is 17.5 Å². The molecule has 2 rings (SSSR count). The first-order chi connectivity index (χ1) is 11.5. The number of rotatable bonds is 7. The van der Waals surface area contributed by atoms with E-state index in [9.17, 15) is 14.0 Å². The van der Waals surface area contributed by atoms with Gasteiger partial charge in [-0.3, -0.25) is 9.59 Å². The Morgan fingerprint density at radius 1 is 1.38 bits per heavy atom. The molecule has 0 fully saturated rings. The van der Waals surface area contributed by atoms with Gasteiger partial charge in [-0.25, -0.2) is 9.37 Å². The molecule has 0 radical (unpaired) electrons. The summed E-state index contributed by atoms with van der Waals surface area (Å²) >= 11 is 1.23. The molecule has 0 unspecified atom stereocenters. The Morgan fingerprint density at radius 2 is 2.08 bits per heavy atom. The number of ketones is 1. The highest BCUT2D eigenvalue weighted by Crippen LogP contribution is 2.20. The summed E-state index contributed by atoms with van der Waals surface area (Å²) in [4.78, 5) is 27.8. The predicted molar refractivity (Wildman–Crippen MR) is 85.9 cm³/mol. The Balaban J connectivity index is 1.81. The van der Waals surface area contributed by atoms with E-state index < -0.39 is 24.3 Å². The Labute approximate surface area is 142 Å². The van der Waals surface area contributed by atoms with E-state index in [0.717, 1.165) is 11.3 Å². The topological polar surface area (TPSA) is 80.0 Å². The molecule has 7 heteroatoms. The second-order valence-electron chi connectivity index (χ2n) is 5.14. The van der Waals surface area contributed by atoms with Gasteiger partial charge >= 0.3 is 5.97 Å². The summed E-state index contributed by atoms with van der Waals surface area (Å²) in [5.74, 6) is -2.40. The van der Waals surface area contributed by atoms with Gasteiger partial charge in [0.2, 0.25) is 0 Å². The summed E-state index contributed by atoms with van der Waals surface area (Å²) in [5, 5.41) is 11.3. The maximum Gasteiger partial charge on any atom is 0.306 e. The second kappa shape index (κ2) is 8.31. The van der Waals surface area contributed by atoms with Crippen molar-refractivity contribution >= 4 is 23.1 Å². The largest absolute Gasteiger partial charge is 0.458 e. The summed E-state index contributed by atoms with van der Waals surface area (Å²) in [6.07, 6.45) is 0.465. The second-order valence-corrected chi connectivity index (χ2v) is 6.03. The predicted octanol–water partition coefficient (Wildman–Crippen LogP) is 2.94. The third-order valence-corrected chi connectivity index (χ3v) is 4.27. The molecular formula is C17H15FN2O3S. The third kappa shape index (κ3) is 4.96. The van der Waals surface area contributed by atoms with Gasteiger partial charge in [0.05, 0.1) is 6.07 Å². The number of hydrogen-bond donors (Lipinski definition) is 0. The number of esters is 1. The van der Waals surface area contributed by atoms with Crippen LogP contribution in [-0.2, 0) is 20.7 Å². The van der Waals surface area contributed by atoms with E-state index in [1.165, 1.54) is 23.5 Å². The van der Waals surface area contributed by atoms with Crippen molar-refractivity contribution in [1.29, 1.82) is 5.26 Å². The first-order valence-electron chi connectivity index (χ1n) is 7.24. The number of aromatic nitrogens is 1. The van der Waals surface area contributed by atoms with Gasteiger partial charge in [-0.15, -0.1) is 11.3 Å². The third-order valence-electron chi connectivity index (χ3n) is 3.24. The summed E-state index contributed by atoms with van der Waals surface area (Å²) < 4.78 is 17.7. The van der Waals surface area contributed by atoms with Crippen LogP contribution in [0.4, 0.5) is 4.39 Å². The molecule has 0 aliphatic carbocycles. The minimum absolute atomic E-state index is 0.0759. The maximum atomic E-state index is 12.8.